The first-order chi connectivity index (χ1) is 14.0. The van der Waals surface area contributed by atoms with Gasteiger partial charge in [0.2, 0.25) is 11.4 Å². The third-order valence-electron chi connectivity index (χ3n) is 4.97. The van der Waals surface area contributed by atoms with Crippen molar-refractivity contribution >= 4 is 28.8 Å². The topological polar surface area (TPSA) is 104 Å². The highest BCUT2D eigenvalue weighted by Gasteiger charge is 2.24. The summed E-state index contributed by atoms with van der Waals surface area (Å²) in [5, 5.41) is 9.20. The van der Waals surface area contributed by atoms with Crippen molar-refractivity contribution in [1.82, 2.24) is 19.5 Å². The fourth-order valence-electron chi connectivity index (χ4n) is 3.46. The molecule has 0 aromatic carbocycles. The number of carbonyl (C=O) groups is 1. The number of rotatable bonds is 4. The van der Waals surface area contributed by atoms with Gasteiger partial charge in [0.1, 0.15) is 11.2 Å². The molecule has 0 aliphatic carbocycles. The highest BCUT2D eigenvalue weighted by molar-refractivity contribution is 5.92. The number of carboxylic acids is 1. The van der Waals surface area contributed by atoms with Gasteiger partial charge in [-0.05, 0) is 19.1 Å². The lowest BCUT2D eigenvalue weighted by Crippen LogP contribution is -2.47. The van der Waals surface area contributed by atoms with E-state index in [0.717, 1.165) is 6.07 Å². The van der Waals surface area contributed by atoms with Crippen molar-refractivity contribution in [2.24, 2.45) is 0 Å². The molecule has 3 aromatic rings. The molecule has 1 aliphatic rings. The van der Waals surface area contributed by atoms with E-state index in [-0.39, 0.29) is 16.9 Å². The molecule has 0 saturated carbocycles. The Morgan fingerprint density at radius 2 is 1.83 bits per heavy atom. The van der Waals surface area contributed by atoms with Crippen LogP contribution in [0.25, 0.3) is 11.0 Å². The monoisotopic (exact) mass is 398 g/mol. The first-order valence-corrected chi connectivity index (χ1v) is 9.23. The fourth-order valence-corrected chi connectivity index (χ4v) is 3.46. The van der Waals surface area contributed by atoms with Crippen LogP contribution in [0.15, 0.2) is 35.5 Å². The molecule has 1 fully saturated rings. The number of pyridine rings is 2. The summed E-state index contributed by atoms with van der Waals surface area (Å²) in [6.45, 7) is 4.42. The lowest BCUT2D eigenvalue weighted by molar-refractivity contribution is 0.0695. The molecule has 0 atom stereocenters. The molecule has 0 radical (unpaired) electrons. The number of fused-ring (bicyclic) bond motifs is 1. The molecule has 1 aliphatic heterocycles. The lowest BCUT2D eigenvalue weighted by Gasteiger charge is -2.35. The van der Waals surface area contributed by atoms with Crippen molar-refractivity contribution in [3.63, 3.8) is 0 Å². The molecule has 1 N–H and O–H groups in total. The first-order valence-electron chi connectivity index (χ1n) is 9.23. The van der Waals surface area contributed by atoms with Gasteiger partial charge in [0.05, 0.1) is 5.39 Å². The molecule has 1 saturated heterocycles. The van der Waals surface area contributed by atoms with Gasteiger partial charge in [0.15, 0.2) is 11.6 Å². The Bertz CT molecular complexity index is 1130. The van der Waals surface area contributed by atoms with E-state index in [1.165, 1.54) is 6.20 Å². The third kappa shape index (κ3) is 3.37. The van der Waals surface area contributed by atoms with Crippen LogP contribution in [0.1, 0.15) is 17.3 Å². The summed E-state index contributed by atoms with van der Waals surface area (Å²) in [5.74, 6) is -1.22. The summed E-state index contributed by atoms with van der Waals surface area (Å²) in [4.78, 5) is 40.5. The van der Waals surface area contributed by atoms with Gasteiger partial charge in [-0.25, -0.2) is 24.1 Å². The van der Waals surface area contributed by atoms with E-state index in [9.17, 15) is 19.1 Å². The Kier molecular flexibility index (Phi) is 4.83. The van der Waals surface area contributed by atoms with Crippen LogP contribution in [-0.2, 0) is 6.54 Å². The average Bonchev–Trinajstić information content (AvgIpc) is 2.74. The second-order valence-corrected chi connectivity index (χ2v) is 6.65. The van der Waals surface area contributed by atoms with E-state index in [2.05, 4.69) is 15.0 Å². The van der Waals surface area contributed by atoms with Crippen LogP contribution in [0.2, 0.25) is 0 Å². The SMILES string of the molecule is CCn1cc(C(=O)O)c(=O)c2cc(F)c(N3CCN(c4ncccn4)CC3)nc21. The zero-order valence-corrected chi connectivity index (χ0v) is 15.7. The number of aromatic carboxylic acids is 1. The maximum absolute atomic E-state index is 14.8. The van der Waals surface area contributed by atoms with Crippen molar-refractivity contribution in [2.75, 3.05) is 36.0 Å². The Balaban J connectivity index is 1.68. The van der Waals surface area contributed by atoms with E-state index < -0.39 is 22.8 Å². The summed E-state index contributed by atoms with van der Waals surface area (Å²) in [7, 11) is 0. The second kappa shape index (κ2) is 7.46. The molecule has 4 heterocycles. The molecule has 9 nitrogen and oxygen atoms in total. The van der Waals surface area contributed by atoms with Crippen LogP contribution in [0.5, 0.6) is 0 Å². The normalized spacial score (nSPS) is 14.4. The van der Waals surface area contributed by atoms with Crippen molar-refractivity contribution in [1.29, 1.82) is 0 Å². The summed E-state index contributed by atoms with van der Waals surface area (Å²) in [5.41, 5.74) is -0.862. The third-order valence-corrected chi connectivity index (χ3v) is 4.97. The number of hydrogen-bond acceptors (Lipinski definition) is 7. The van der Waals surface area contributed by atoms with Crippen molar-refractivity contribution in [3.8, 4) is 0 Å². The molecular weight excluding hydrogens is 379 g/mol. The van der Waals surface area contributed by atoms with Gasteiger partial charge >= 0.3 is 5.97 Å². The number of halogens is 1. The van der Waals surface area contributed by atoms with Crippen LogP contribution in [0, 0.1) is 5.82 Å². The molecule has 4 rings (SSSR count). The largest absolute Gasteiger partial charge is 0.477 e. The zero-order valence-electron chi connectivity index (χ0n) is 15.7. The van der Waals surface area contributed by atoms with E-state index >= 15 is 0 Å². The first kappa shape index (κ1) is 18.8. The molecular formula is C19H19FN6O3. The lowest BCUT2D eigenvalue weighted by atomic mass is 10.2. The minimum atomic E-state index is -1.34. The van der Waals surface area contributed by atoms with E-state index in [0.29, 0.717) is 38.7 Å². The highest BCUT2D eigenvalue weighted by atomic mass is 19.1. The van der Waals surface area contributed by atoms with Crippen molar-refractivity contribution in [2.45, 2.75) is 13.5 Å². The highest BCUT2D eigenvalue weighted by Crippen LogP contribution is 2.23. The number of nitrogens with zero attached hydrogens (tertiary/aromatic N) is 6. The molecule has 0 amide bonds. The molecule has 0 spiro atoms. The fraction of sp³-hybridized carbons (Fsp3) is 0.316. The predicted molar refractivity (Wildman–Crippen MR) is 105 cm³/mol. The van der Waals surface area contributed by atoms with Crippen LogP contribution < -0.4 is 15.2 Å². The molecule has 0 unspecified atom stereocenters. The Morgan fingerprint density at radius 1 is 1.17 bits per heavy atom. The Labute approximate surface area is 165 Å². The smallest absolute Gasteiger partial charge is 0.341 e. The summed E-state index contributed by atoms with van der Waals surface area (Å²) in [6.07, 6.45) is 4.61. The number of carboxylic acid groups (broad SMARTS) is 1. The second-order valence-electron chi connectivity index (χ2n) is 6.65. The molecule has 0 bridgehead atoms. The van der Waals surface area contributed by atoms with E-state index in [1.54, 1.807) is 30.0 Å². The average molecular weight is 398 g/mol. The molecule has 10 heteroatoms. The number of anilines is 2. The predicted octanol–water partition coefficient (Wildman–Crippen LogP) is 1.37. The Hall–Kier alpha value is -3.56. The van der Waals surface area contributed by atoms with Crippen LogP contribution in [0.3, 0.4) is 0 Å². The summed E-state index contributed by atoms with van der Waals surface area (Å²) < 4.78 is 16.4. The van der Waals surface area contributed by atoms with Crippen LogP contribution in [-0.4, -0.2) is 56.8 Å². The van der Waals surface area contributed by atoms with Gasteiger partial charge in [-0.1, -0.05) is 0 Å². The van der Waals surface area contributed by atoms with Gasteiger partial charge in [-0.3, -0.25) is 4.79 Å². The van der Waals surface area contributed by atoms with E-state index in [1.807, 2.05) is 9.80 Å². The zero-order chi connectivity index (χ0) is 20.5. The molecule has 3 aromatic heterocycles. The maximum Gasteiger partial charge on any atom is 0.341 e. The summed E-state index contributed by atoms with van der Waals surface area (Å²) >= 11 is 0. The van der Waals surface area contributed by atoms with Gasteiger partial charge in [-0.2, -0.15) is 0 Å². The standard InChI is InChI=1S/C19H19FN6O3/c1-2-24-11-13(18(28)29)15(27)12-10-14(20)17(23-16(12)24)25-6-8-26(9-7-25)19-21-4-3-5-22-19/h3-5,10-11H,2,6-9H2,1H3,(H,28,29). The quantitative estimate of drug-likeness (QED) is 0.703. The van der Waals surface area contributed by atoms with Gasteiger partial charge < -0.3 is 19.5 Å². The number of aromatic nitrogens is 4. The maximum atomic E-state index is 14.8. The van der Waals surface area contributed by atoms with Gasteiger partial charge in [-0.15, -0.1) is 0 Å². The molecule has 29 heavy (non-hydrogen) atoms. The van der Waals surface area contributed by atoms with Gasteiger partial charge in [0.25, 0.3) is 0 Å². The van der Waals surface area contributed by atoms with Crippen LogP contribution in [0.4, 0.5) is 16.2 Å². The Morgan fingerprint density at radius 3 is 2.45 bits per heavy atom. The summed E-state index contributed by atoms with van der Waals surface area (Å²) in [6, 6.07) is 2.84. The van der Waals surface area contributed by atoms with Crippen molar-refractivity contribution < 1.29 is 14.3 Å². The number of piperazine rings is 1. The number of aryl methyl sites for hydroxylation is 1. The number of hydrogen-bond donors (Lipinski definition) is 1. The minimum absolute atomic E-state index is 0.0377. The van der Waals surface area contributed by atoms with Crippen LogP contribution >= 0.6 is 0 Å². The minimum Gasteiger partial charge on any atom is -0.477 e. The molecule has 150 valence electrons. The van der Waals surface area contributed by atoms with E-state index in [4.69, 9.17) is 0 Å². The van der Waals surface area contributed by atoms with Crippen molar-refractivity contribution in [3.05, 3.63) is 52.3 Å². The van der Waals surface area contributed by atoms with Gasteiger partial charge in [0, 0.05) is 51.3 Å².